The Morgan fingerprint density at radius 3 is 1.83 bits per heavy atom. The van der Waals surface area contributed by atoms with Crippen molar-refractivity contribution in [1.82, 2.24) is 0 Å². The Balaban J connectivity index is 3.52. The van der Waals surface area contributed by atoms with Crippen LogP contribution in [0.1, 0.15) is 19.8 Å². The van der Waals surface area contributed by atoms with Crippen LogP contribution in [0, 0.1) is 6.92 Å². The summed E-state index contributed by atoms with van der Waals surface area (Å²) < 4.78 is 0. The van der Waals surface area contributed by atoms with Crippen molar-refractivity contribution in [2.24, 2.45) is 0 Å². The molecule has 0 atom stereocenters. The average molecular weight is 161 g/mol. The van der Waals surface area contributed by atoms with Crippen LogP contribution in [0.2, 0.25) is 0 Å². The molecule has 0 aromatic heterocycles. The van der Waals surface area contributed by atoms with Gasteiger partial charge in [-0.15, -0.1) is 0 Å². The highest BCUT2D eigenvalue weighted by Gasteiger charge is 1.63. The van der Waals surface area contributed by atoms with E-state index in [-0.39, 0.29) is 0 Å². The molecule has 0 aliphatic rings. The fraction of sp³-hybridized carbons (Fsp3) is 0.250. The zero-order valence-electron chi connectivity index (χ0n) is 7.74. The molecule has 1 radical (unpaired) electrons. The van der Waals surface area contributed by atoms with Gasteiger partial charge in [-0.2, -0.15) is 0 Å². The van der Waals surface area contributed by atoms with Gasteiger partial charge in [-0.25, -0.2) is 0 Å². The van der Waals surface area contributed by atoms with Crippen LogP contribution in [0.25, 0.3) is 0 Å². The molecule has 0 aliphatic carbocycles. The summed E-state index contributed by atoms with van der Waals surface area (Å²) >= 11 is 0. The van der Waals surface area contributed by atoms with E-state index in [2.05, 4.69) is 26.0 Å². The summed E-state index contributed by atoms with van der Waals surface area (Å²) in [6.07, 6.45) is 18.2. The molecule has 0 heteroatoms. The molecule has 0 nitrogen and oxygen atoms in total. The number of hydrogen-bond acceptors (Lipinski definition) is 0. The SMILES string of the molecule is [CH2]CC=CC=CC=CC=CCC. The maximum absolute atomic E-state index is 3.69. The first-order valence-corrected chi connectivity index (χ1v) is 4.36. The fourth-order valence-electron chi connectivity index (χ4n) is 0.646. The van der Waals surface area contributed by atoms with Crippen molar-refractivity contribution >= 4 is 0 Å². The molecule has 0 heterocycles. The van der Waals surface area contributed by atoms with Crippen molar-refractivity contribution in [1.29, 1.82) is 0 Å². The van der Waals surface area contributed by atoms with E-state index < -0.39 is 0 Å². The number of rotatable bonds is 5. The second kappa shape index (κ2) is 9.96. The Labute approximate surface area is 76.0 Å². The zero-order valence-corrected chi connectivity index (χ0v) is 7.74. The van der Waals surface area contributed by atoms with Gasteiger partial charge in [0.25, 0.3) is 0 Å². The largest absolute Gasteiger partial charge is 0.0848 e. The highest BCUT2D eigenvalue weighted by Crippen LogP contribution is 1.85. The van der Waals surface area contributed by atoms with Gasteiger partial charge in [0.2, 0.25) is 0 Å². The summed E-state index contributed by atoms with van der Waals surface area (Å²) in [6, 6.07) is 0. The molecule has 12 heavy (non-hydrogen) atoms. The number of allylic oxidation sites excluding steroid dienone is 8. The highest BCUT2D eigenvalue weighted by molar-refractivity contribution is 5.15. The molecule has 0 unspecified atom stereocenters. The van der Waals surface area contributed by atoms with E-state index in [1.807, 2.05) is 36.5 Å². The number of hydrogen-bond donors (Lipinski definition) is 0. The molecule has 0 fully saturated rings. The molecule has 0 spiro atoms. The van der Waals surface area contributed by atoms with E-state index in [1.165, 1.54) is 0 Å². The van der Waals surface area contributed by atoms with Crippen LogP contribution >= 0.6 is 0 Å². The van der Waals surface area contributed by atoms with Crippen molar-refractivity contribution in [2.75, 3.05) is 0 Å². The van der Waals surface area contributed by atoms with Crippen LogP contribution in [0.3, 0.4) is 0 Å². The molecule has 0 saturated carbocycles. The summed E-state index contributed by atoms with van der Waals surface area (Å²) in [6.45, 7) is 5.82. The quantitative estimate of drug-likeness (QED) is 0.537. The van der Waals surface area contributed by atoms with Gasteiger partial charge < -0.3 is 0 Å². The minimum Gasteiger partial charge on any atom is -0.0848 e. The van der Waals surface area contributed by atoms with E-state index in [9.17, 15) is 0 Å². The Morgan fingerprint density at radius 1 is 0.833 bits per heavy atom. The lowest BCUT2D eigenvalue weighted by molar-refractivity contribution is 1.22. The lowest BCUT2D eigenvalue weighted by Gasteiger charge is -1.75. The van der Waals surface area contributed by atoms with Crippen molar-refractivity contribution in [3.63, 3.8) is 0 Å². The summed E-state index contributed by atoms with van der Waals surface area (Å²) in [5, 5.41) is 0. The van der Waals surface area contributed by atoms with Crippen molar-refractivity contribution < 1.29 is 0 Å². The molecule has 0 bridgehead atoms. The van der Waals surface area contributed by atoms with Crippen LogP contribution in [0.15, 0.2) is 48.6 Å². The highest BCUT2D eigenvalue weighted by atomic mass is 13.7. The standard InChI is InChI=1S/C12H17/c1-3-5-7-9-11-12-10-8-6-4-2/h5-12H,1,3-4H2,2H3. The van der Waals surface area contributed by atoms with Gasteiger partial charge in [-0.05, 0) is 19.8 Å². The average Bonchev–Trinajstić information content (AvgIpc) is 2.10. The van der Waals surface area contributed by atoms with Gasteiger partial charge in [0.1, 0.15) is 0 Å². The molecule has 0 aromatic rings. The van der Waals surface area contributed by atoms with Gasteiger partial charge in [0.15, 0.2) is 0 Å². The predicted octanol–water partition coefficient (Wildman–Crippen LogP) is 3.85. The Kier molecular flexibility index (Phi) is 9.10. The second-order valence-electron chi connectivity index (χ2n) is 2.32. The minimum absolute atomic E-state index is 0.851. The molecular weight excluding hydrogens is 144 g/mol. The van der Waals surface area contributed by atoms with E-state index in [0.29, 0.717) is 0 Å². The first-order valence-electron chi connectivity index (χ1n) is 4.36. The second-order valence-corrected chi connectivity index (χ2v) is 2.32. The van der Waals surface area contributed by atoms with Gasteiger partial charge in [-0.3, -0.25) is 0 Å². The Hall–Kier alpha value is -1.04. The van der Waals surface area contributed by atoms with Crippen LogP contribution in [-0.2, 0) is 0 Å². The monoisotopic (exact) mass is 161 g/mol. The van der Waals surface area contributed by atoms with Crippen LogP contribution in [0.5, 0.6) is 0 Å². The third kappa shape index (κ3) is 8.96. The summed E-state index contributed by atoms with van der Waals surface area (Å²) in [7, 11) is 0. The molecule has 0 saturated heterocycles. The van der Waals surface area contributed by atoms with Crippen molar-refractivity contribution in [2.45, 2.75) is 19.8 Å². The third-order valence-electron chi connectivity index (χ3n) is 1.23. The van der Waals surface area contributed by atoms with E-state index in [0.717, 1.165) is 12.8 Å². The van der Waals surface area contributed by atoms with Gasteiger partial charge in [0.05, 0.1) is 0 Å². The molecule has 65 valence electrons. The predicted molar refractivity (Wildman–Crippen MR) is 56.8 cm³/mol. The minimum atomic E-state index is 0.851. The summed E-state index contributed by atoms with van der Waals surface area (Å²) in [5.41, 5.74) is 0. The molecule has 0 rings (SSSR count). The van der Waals surface area contributed by atoms with Crippen LogP contribution in [0.4, 0.5) is 0 Å². The van der Waals surface area contributed by atoms with Crippen molar-refractivity contribution in [3.8, 4) is 0 Å². The third-order valence-corrected chi connectivity index (χ3v) is 1.23. The maximum atomic E-state index is 3.69. The first-order chi connectivity index (χ1) is 5.91. The normalized spacial score (nSPS) is 13.2. The molecule has 0 aromatic carbocycles. The lowest BCUT2D eigenvalue weighted by atomic mass is 10.3. The van der Waals surface area contributed by atoms with Gasteiger partial charge >= 0.3 is 0 Å². The van der Waals surface area contributed by atoms with Gasteiger partial charge in [0, 0.05) is 0 Å². The Morgan fingerprint density at radius 2 is 1.33 bits per heavy atom. The molecule has 0 amide bonds. The van der Waals surface area contributed by atoms with Crippen LogP contribution in [-0.4, -0.2) is 0 Å². The topological polar surface area (TPSA) is 0 Å². The van der Waals surface area contributed by atoms with Crippen molar-refractivity contribution in [3.05, 3.63) is 55.5 Å². The summed E-state index contributed by atoms with van der Waals surface area (Å²) in [4.78, 5) is 0. The Bertz CT molecular complexity index is 158. The van der Waals surface area contributed by atoms with E-state index >= 15 is 0 Å². The first kappa shape index (κ1) is 11.0. The zero-order chi connectivity index (χ0) is 9.07. The van der Waals surface area contributed by atoms with E-state index in [1.54, 1.807) is 0 Å². The molecule has 0 N–H and O–H groups in total. The smallest absolute Gasteiger partial charge is 0.0347 e. The summed E-state index contributed by atoms with van der Waals surface area (Å²) in [5.74, 6) is 0. The maximum Gasteiger partial charge on any atom is -0.0347 e. The molecular formula is C12H17. The van der Waals surface area contributed by atoms with E-state index in [4.69, 9.17) is 0 Å². The molecule has 0 aliphatic heterocycles. The lowest BCUT2D eigenvalue weighted by Crippen LogP contribution is -1.54. The van der Waals surface area contributed by atoms with Crippen LogP contribution < -0.4 is 0 Å². The fourth-order valence-corrected chi connectivity index (χ4v) is 0.646. The van der Waals surface area contributed by atoms with Gasteiger partial charge in [-0.1, -0.05) is 55.5 Å².